The zero-order valence-corrected chi connectivity index (χ0v) is 22.8. The van der Waals surface area contributed by atoms with Crippen molar-refractivity contribution in [2.75, 3.05) is 23.7 Å². The summed E-state index contributed by atoms with van der Waals surface area (Å²) in [6.07, 6.45) is -3.29. The van der Waals surface area contributed by atoms with Gasteiger partial charge in [0.25, 0.3) is 6.43 Å². The van der Waals surface area contributed by atoms with Crippen LogP contribution in [0.5, 0.6) is 0 Å². The van der Waals surface area contributed by atoms with Gasteiger partial charge in [-0.05, 0) is 52.3 Å². The van der Waals surface area contributed by atoms with Crippen molar-refractivity contribution in [1.29, 1.82) is 0 Å². The van der Waals surface area contributed by atoms with E-state index in [2.05, 4.69) is 30.9 Å². The molecule has 5 rings (SSSR count). The molecule has 0 radical (unpaired) electrons. The number of anilines is 2. The number of carboxylic acid groups (broad SMARTS) is 1. The molecule has 0 spiro atoms. The summed E-state index contributed by atoms with van der Waals surface area (Å²) in [5.41, 5.74) is -0.592. The molecule has 1 aromatic carbocycles. The van der Waals surface area contributed by atoms with Crippen molar-refractivity contribution < 1.29 is 32.6 Å². The summed E-state index contributed by atoms with van der Waals surface area (Å²) in [7, 11) is 0. The zero-order valence-electron chi connectivity index (χ0n) is 22.8. The number of likely N-dealkylation sites (tertiary alicyclic amines) is 1. The highest BCUT2D eigenvalue weighted by Crippen LogP contribution is 2.41. The monoisotopic (exact) mass is 573 g/mol. The Balaban J connectivity index is 1.50. The largest absolute Gasteiger partial charge is 0.465 e. The van der Waals surface area contributed by atoms with Crippen molar-refractivity contribution in [3.05, 3.63) is 52.9 Å². The number of carbonyl (C=O) groups is 2. The standard InChI is InChI=1S/C27H30F3N7O4/c1-12(2)41-25(38)36-15-5-17(22(28)19(6-15)23(29)30)13(3)33-24-18-7-21(31-10-20(18)34-14(4)35-24)27-8-16(9-32-27)37(11-27)26(39)40/h5-7,10,12-13,16,23,32H,8-9,11H2,1-4H3,(H,36,38)(H,39,40)(H,33,34,35)/t13-,16?,27?/m1/s1. The highest BCUT2D eigenvalue weighted by Gasteiger charge is 2.53. The van der Waals surface area contributed by atoms with Crippen LogP contribution in [0.15, 0.2) is 24.4 Å². The number of hydrogen-bond acceptors (Lipinski definition) is 8. The van der Waals surface area contributed by atoms with Gasteiger partial charge in [-0.25, -0.2) is 32.7 Å². The Kier molecular flexibility index (Phi) is 7.36. The van der Waals surface area contributed by atoms with Gasteiger partial charge in [0, 0.05) is 35.8 Å². The number of ether oxygens (including phenoxy) is 1. The Morgan fingerprint density at radius 1 is 1.20 bits per heavy atom. The topological polar surface area (TPSA) is 142 Å². The second-order valence-electron chi connectivity index (χ2n) is 10.7. The van der Waals surface area contributed by atoms with Gasteiger partial charge in [0.05, 0.1) is 40.7 Å². The van der Waals surface area contributed by atoms with Crippen molar-refractivity contribution in [1.82, 2.24) is 25.2 Å². The van der Waals surface area contributed by atoms with Gasteiger partial charge < -0.3 is 25.4 Å². The molecule has 4 heterocycles. The number of benzene rings is 1. The third kappa shape index (κ3) is 5.43. The van der Waals surface area contributed by atoms with Crippen LogP contribution in [0.3, 0.4) is 0 Å². The van der Waals surface area contributed by atoms with E-state index in [0.29, 0.717) is 41.2 Å². The molecule has 41 heavy (non-hydrogen) atoms. The highest BCUT2D eigenvalue weighted by molar-refractivity contribution is 5.89. The first kappa shape index (κ1) is 28.3. The normalized spacial score (nSPS) is 20.6. The van der Waals surface area contributed by atoms with Crippen LogP contribution in [0.1, 0.15) is 62.3 Å². The number of rotatable bonds is 7. The zero-order chi connectivity index (χ0) is 29.6. The summed E-state index contributed by atoms with van der Waals surface area (Å²) >= 11 is 0. The van der Waals surface area contributed by atoms with E-state index in [4.69, 9.17) is 4.74 Å². The number of amides is 2. The summed E-state index contributed by atoms with van der Waals surface area (Å²) in [6, 6.07) is 2.88. The smallest absolute Gasteiger partial charge is 0.411 e. The van der Waals surface area contributed by atoms with Crippen LogP contribution in [-0.2, 0) is 10.3 Å². The number of fused-ring (bicyclic) bond motifs is 3. The minimum Gasteiger partial charge on any atom is -0.465 e. The van der Waals surface area contributed by atoms with Crippen LogP contribution in [0.2, 0.25) is 0 Å². The van der Waals surface area contributed by atoms with E-state index >= 15 is 4.39 Å². The minimum absolute atomic E-state index is 0.0450. The van der Waals surface area contributed by atoms with E-state index in [1.165, 1.54) is 11.0 Å². The molecule has 2 aliphatic rings. The Hall–Kier alpha value is -4.20. The first-order valence-corrected chi connectivity index (χ1v) is 13.1. The van der Waals surface area contributed by atoms with Gasteiger partial charge in [-0.15, -0.1) is 0 Å². The van der Waals surface area contributed by atoms with Crippen molar-refractivity contribution in [3.63, 3.8) is 0 Å². The molecule has 218 valence electrons. The van der Waals surface area contributed by atoms with Gasteiger partial charge in [-0.1, -0.05) is 0 Å². The number of piperazine rings is 1. The van der Waals surface area contributed by atoms with Gasteiger partial charge in [0.15, 0.2) is 0 Å². The van der Waals surface area contributed by atoms with E-state index in [0.717, 1.165) is 6.07 Å². The van der Waals surface area contributed by atoms with Crippen molar-refractivity contribution in [2.24, 2.45) is 0 Å². The number of aromatic nitrogens is 3. The number of hydrogen-bond donors (Lipinski definition) is 4. The second-order valence-corrected chi connectivity index (χ2v) is 10.7. The predicted octanol–water partition coefficient (Wildman–Crippen LogP) is 5.09. The summed E-state index contributed by atoms with van der Waals surface area (Å²) in [6.45, 7) is 7.26. The van der Waals surface area contributed by atoms with Gasteiger partial charge in [-0.3, -0.25) is 10.3 Å². The number of carbonyl (C=O) groups excluding carboxylic acids is 1. The maximum absolute atomic E-state index is 15.3. The molecule has 0 saturated carbocycles. The van der Waals surface area contributed by atoms with E-state index < -0.39 is 47.7 Å². The molecule has 11 nitrogen and oxygen atoms in total. The van der Waals surface area contributed by atoms with E-state index in [1.807, 2.05) is 0 Å². The lowest BCUT2D eigenvalue weighted by Gasteiger charge is -2.32. The number of nitrogens with zero attached hydrogens (tertiary/aromatic N) is 4. The summed E-state index contributed by atoms with van der Waals surface area (Å²) < 4.78 is 47.8. The fourth-order valence-corrected chi connectivity index (χ4v) is 5.50. The molecular weight excluding hydrogens is 543 g/mol. The SMILES string of the molecule is Cc1nc(N[C@H](C)c2cc(NC(=O)OC(C)C)cc(C(F)F)c2F)c2cc(C34CC(CN3)N(C(=O)O)C4)ncc2n1. The molecule has 2 fully saturated rings. The predicted molar refractivity (Wildman–Crippen MR) is 144 cm³/mol. The molecule has 2 amide bonds. The molecule has 14 heteroatoms. The quantitative estimate of drug-likeness (QED) is 0.304. The van der Waals surface area contributed by atoms with Crippen molar-refractivity contribution in [2.45, 2.75) is 64.3 Å². The van der Waals surface area contributed by atoms with Crippen LogP contribution in [0.4, 0.5) is 34.3 Å². The van der Waals surface area contributed by atoms with Crippen LogP contribution in [-0.4, -0.2) is 62.4 Å². The Bertz CT molecular complexity index is 1520. The molecule has 2 unspecified atom stereocenters. The number of pyridine rings is 1. The fourth-order valence-electron chi connectivity index (χ4n) is 5.50. The van der Waals surface area contributed by atoms with Gasteiger partial charge in [0.2, 0.25) is 0 Å². The molecule has 3 atom stereocenters. The van der Waals surface area contributed by atoms with Crippen LogP contribution >= 0.6 is 0 Å². The first-order chi connectivity index (χ1) is 19.4. The minimum atomic E-state index is -3.13. The second kappa shape index (κ2) is 10.7. The number of halogens is 3. The third-order valence-corrected chi connectivity index (χ3v) is 7.34. The van der Waals surface area contributed by atoms with E-state index in [9.17, 15) is 23.5 Å². The number of alkyl halides is 2. The van der Waals surface area contributed by atoms with Crippen molar-refractivity contribution in [3.8, 4) is 0 Å². The number of aryl methyl sites for hydroxylation is 1. The lowest BCUT2D eigenvalue weighted by Crippen LogP contribution is -2.51. The molecule has 3 aromatic rings. The molecule has 4 N–H and O–H groups in total. The number of nitrogens with one attached hydrogen (secondary N) is 3. The Morgan fingerprint density at radius 3 is 2.59 bits per heavy atom. The third-order valence-electron chi connectivity index (χ3n) is 7.34. The molecule has 0 aliphatic carbocycles. The average molecular weight is 574 g/mol. The van der Waals surface area contributed by atoms with Gasteiger partial charge in [-0.2, -0.15) is 0 Å². The maximum atomic E-state index is 15.3. The summed E-state index contributed by atoms with van der Waals surface area (Å²) in [5, 5.41) is 19.0. The van der Waals surface area contributed by atoms with Gasteiger partial charge >= 0.3 is 12.2 Å². The highest BCUT2D eigenvalue weighted by atomic mass is 19.3. The van der Waals surface area contributed by atoms with Gasteiger partial charge in [0.1, 0.15) is 17.5 Å². The summed E-state index contributed by atoms with van der Waals surface area (Å²) in [5.74, 6) is -0.393. The van der Waals surface area contributed by atoms with E-state index in [1.54, 1.807) is 40.0 Å². The van der Waals surface area contributed by atoms with Crippen molar-refractivity contribution >= 4 is 34.6 Å². The lowest BCUT2D eigenvalue weighted by molar-refractivity contribution is 0.126. The Labute approximate surface area is 233 Å². The van der Waals surface area contributed by atoms with Crippen LogP contribution in [0, 0.1) is 12.7 Å². The Morgan fingerprint density at radius 2 is 1.93 bits per heavy atom. The molecule has 2 saturated heterocycles. The lowest BCUT2D eigenvalue weighted by atomic mass is 9.94. The maximum Gasteiger partial charge on any atom is 0.411 e. The molecule has 2 bridgehead atoms. The molecule has 2 aromatic heterocycles. The van der Waals surface area contributed by atoms with E-state index in [-0.39, 0.29) is 23.8 Å². The van der Waals surface area contributed by atoms with Crippen LogP contribution in [0.25, 0.3) is 10.9 Å². The summed E-state index contributed by atoms with van der Waals surface area (Å²) in [4.78, 5) is 38.7. The molecular formula is C27H30F3N7O4. The average Bonchev–Trinajstić information content (AvgIpc) is 3.49. The van der Waals surface area contributed by atoms with Crippen LogP contribution < -0.4 is 16.0 Å². The molecule has 2 aliphatic heterocycles. The first-order valence-electron chi connectivity index (χ1n) is 13.1. The fraction of sp³-hybridized carbons (Fsp3) is 0.444.